The van der Waals surface area contributed by atoms with E-state index in [4.69, 9.17) is 27.9 Å². The van der Waals surface area contributed by atoms with E-state index in [1.807, 2.05) is 31.2 Å². The van der Waals surface area contributed by atoms with E-state index >= 15 is 0 Å². The van der Waals surface area contributed by atoms with Crippen LogP contribution >= 0.6 is 23.2 Å². The maximum absolute atomic E-state index is 14.7. The van der Waals surface area contributed by atoms with E-state index in [-0.39, 0.29) is 23.7 Å². The first kappa shape index (κ1) is 24.1. The zero-order valence-electron chi connectivity index (χ0n) is 18.2. The van der Waals surface area contributed by atoms with Gasteiger partial charge < -0.3 is 10.1 Å². The van der Waals surface area contributed by atoms with Crippen molar-refractivity contribution in [3.05, 3.63) is 99.8 Å². The molecule has 0 bridgehead atoms. The molecule has 0 aliphatic rings. The minimum absolute atomic E-state index is 0.285. The third kappa shape index (κ3) is 6.24. The van der Waals surface area contributed by atoms with Gasteiger partial charge >= 0.3 is 0 Å². The molecule has 0 saturated carbocycles. The lowest BCUT2D eigenvalue weighted by molar-refractivity contribution is -0.135. The van der Waals surface area contributed by atoms with Gasteiger partial charge in [0.2, 0.25) is 0 Å². The Morgan fingerprint density at radius 2 is 1.53 bits per heavy atom. The zero-order valence-corrected chi connectivity index (χ0v) is 19.8. The highest BCUT2D eigenvalue weighted by molar-refractivity contribution is 6.30. The second-order valence-electron chi connectivity index (χ2n) is 8.29. The lowest BCUT2D eigenvalue weighted by atomic mass is 9.86. The predicted octanol–water partition coefficient (Wildman–Crippen LogP) is 6.82. The first-order valence-corrected chi connectivity index (χ1v) is 11.2. The van der Waals surface area contributed by atoms with Crippen LogP contribution in [0.4, 0.5) is 4.39 Å². The number of hydrogen-bond donors (Lipinski definition) is 1. The van der Waals surface area contributed by atoms with E-state index in [9.17, 15) is 9.18 Å². The SMILES string of the molecule is C[C@@H](NC(=O)C(C)(C)Oc1ccc(Cl)cc1)[C@H](Cc1ccc(Cl)cc1)c1ccccc1F. The highest BCUT2D eigenvalue weighted by Crippen LogP contribution is 2.28. The van der Waals surface area contributed by atoms with Gasteiger partial charge in [0.25, 0.3) is 5.91 Å². The first-order chi connectivity index (χ1) is 15.2. The molecule has 6 heteroatoms. The monoisotopic (exact) mass is 473 g/mol. The van der Waals surface area contributed by atoms with Gasteiger partial charge in [0.05, 0.1) is 0 Å². The van der Waals surface area contributed by atoms with Crippen LogP contribution in [0.2, 0.25) is 10.0 Å². The van der Waals surface area contributed by atoms with Crippen molar-refractivity contribution in [2.45, 2.75) is 44.8 Å². The topological polar surface area (TPSA) is 38.3 Å². The summed E-state index contributed by atoms with van der Waals surface area (Å²) in [5, 5.41) is 4.25. The average molecular weight is 474 g/mol. The van der Waals surface area contributed by atoms with E-state index < -0.39 is 5.60 Å². The van der Waals surface area contributed by atoms with Crippen molar-refractivity contribution in [3.63, 3.8) is 0 Å². The number of ether oxygens (including phenoxy) is 1. The molecule has 0 spiro atoms. The maximum atomic E-state index is 14.7. The highest BCUT2D eigenvalue weighted by atomic mass is 35.5. The van der Waals surface area contributed by atoms with Crippen LogP contribution in [0.1, 0.15) is 37.8 Å². The highest BCUT2D eigenvalue weighted by Gasteiger charge is 2.33. The summed E-state index contributed by atoms with van der Waals surface area (Å²) < 4.78 is 20.6. The molecule has 0 aromatic heterocycles. The summed E-state index contributed by atoms with van der Waals surface area (Å²) in [7, 11) is 0. The van der Waals surface area contributed by atoms with Gasteiger partial charge in [-0.1, -0.05) is 53.5 Å². The third-order valence-corrected chi connectivity index (χ3v) is 5.87. The number of halogens is 3. The maximum Gasteiger partial charge on any atom is 0.263 e. The molecule has 0 heterocycles. The Labute approximate surface area is 198 Å². The van der Waals surface area contributed by atoms with Gasteiger partial charge in [-0.15, -0.1) is 0 Å². The van der Waals surface area contributed by atoms with Crippen molar-refractivity contribution in [2.24, 2.45) is 0 Å². The summed E-state index contributed by atoms with van der Waals surface area (Å²) in [4.78, 5) is 13.1. The number of carbonyl (C=O) groups excluding carboxylic acids is 1. The molecule has 2 atom stereocenters. The minimum atomic E-state index is -1.14. The van der Waals surface area contributed by atoms with Gasteiger partial charge in [-0.2, -0.15) is 0 Å². The largest absolute Gasteiger partial charge is 0.478 e. The smallest absolute Gasteiger partial charge is 0.263 e. The molecule has 0 saturated heterocycles. The van der Waals surface area contributed by atoms with Crippen molar-refractivity contribution < 1.29 is 13.9 Å². The second-order valence-corrected chi connectivity index (χ2v) is 9.16. The van der Waals surface area contributed by atoms with E-state index in [0.29, 0.717) is 27.8 Å². The van der Waals surface area contributed by atoms with Gasteiger partial charge in [-0.05, 0) is 80.8 Å². The molecular weight excluding hydrogens is 448 g/mol. The molecule has 32 heavy (non-hydrogen) atoms. The molecule has 1 amide bonds. The second kappa shape index (κ2) is 10.4. The van der Waals surface area contributed by atoms with Gasteiger partial charge in [-0.3, -0.25) is 4.79 Å². The Kier molecular flexibility index (Phi) is 7.81. The van der Waals surface area contributed by atoms with Crippen LogP contribution in [-0.2, 0) is 11.2 Å². The summed E-state index contributed by atoms with van der Waals surface area (Å²) in [6.07, 6.45) is 0.540. The molecule has 0 fully saturated rings. The van der Waals surface area contributed by atoms with E-state index in [2.05, 4.69) is 5.32 Å². The summed E-state index contributed by atoms with van der Waals surface area (Å²) in [6.45, 7) is 5.27. The zero-order chi connectivity index (χ0) is 23.3. The quantitative estimate of drug-likeness (QED) is 0.389. The average Bonchev–Trinajstić information content (AvgIpc) is 2.75. The summed E-state index contributed by atoms with van der Waals surface area (Å²) in [5.41, 5.74) is 0.411. The summed E-state index contributed by atoms with van der Waals surface area (Å²) >= 11 is 11.9. The van der Waals surface area contributed by atoms with Gasteiger partial charge in [-0.25, -0.2) is 4.39 Å². The number of carbonyl (C=O) groups is 1. The van der Waals surface area contributed by atoms with Gasteiger partial charge in [0.15, 0.2) is 5.60 Å². The summed E-state index contributed by atoms with van der Waals surface area (Å²) in [6, 6.07) is 20.6. The number of amides is 1. The Morgan fingerprint density at radius 3 is 2.12 bits per heavy atom. The van der Waals surface area contributed by atoms with Crippen LogP contribution in [0.25, 0.3) is 0 Å². The van der Waals surface area contributed by atoms with Crippen LogP contribution in [0.5, 0.6) is 5.75 Å². The number of rotatable bonds is 8. The predicted molar refractivity (Wildman–Crippen MR) is 128 cm³/mol. The standard InChI is InChI=1S/C26H26Cl2FNO2/c1-17(30-25(31)26(2,3)32-21-14-12-20(28)13-15-21)23(22-6-4-5-7-24(22)29)16-18-8-10-19(27)11-9-18/h4-15,17,23H,16H2,1-3H3,(H,30,31)/t17-,23+/m1/s1. The lowest BCUT2D eigenvalue weighted by Crippen LogP contribution is -2.51. The molecule has 1 N–H and O–H groups in total. The van der Waals surface area contributed by atoms with Crippen LogP contribution in [0.3, 0.4) is 0 Å². The molecule has 3 aromatic rings. The van der Waals surface area contributed by atoms with Gasteiger partial charge in [0.1, 0.15) is 11.6 Å². The molecule has 0 radical (unpaired) electrons. The fourth-order valence-corrected chi connectivity index (χ4v) is 3.78. The number of nitrogens with one attached hydrogen (secondary N) is 1. The molecule has 3 nitrogen and oxygen atoms in total. The van der Waals surface area contributed by atoms with Crippen LogP contribution in [0, 0.1) is 5.82 Å². The molecule has 168 valence electrons. The lowest BCUT2D eigenvalue weighted by Gasteiger charge is -2.31. The Bertz CT molecular complexity index is 1050. The molecule has 3 aromatic carbocycles. The Hall–Kier alpha value is -2.56. The van der Waals surface area contributed by atoms with E-state index in [1.165, 1.54) is 6.07 Å². The molecular formula is C26H26Cl2FNO2. The van der Waals surface area contributed by atoms with Gasteiger partial charge in [0, 0.05) is 22.0 Å². The fraction of sp³-hybridized carbons (Fsp3) is 0.269. The van der Waals surface area contributed by atoms with Crippen molar-refractivity contribution in [3.8, 4) is 5.75 Å². The molecule has 0 aliphatic carbocycles. The van der Waals surface area contributed by atoms with Crippen molar-refractivity contribution in [2.75, 3.05) is 0 Å². The Morgan fingerprint density at radius 1 is 0.969 bits per heavy atom. The third-order valence-electron chi connectivity index (χ3n) is 5.37. The fourth-order valence-electron chi connectivity index (χ4n) is 3.53. The molecule has 0 unspecified atom stereocenters. The van der Waals surface area contributed by atoms with E-state index in [0.717, 1.165) is 5.56 Å². The normalized spacial score (nSPS) is 13.3. The van der Waals surface area contributed by atoms with Crippen molar-refractivity contribution >= 4 is 29.1 Å². The van der Waals surface area contributed by atoms with Crippen molar-refractivity contribution in [1.82, 2.24) is 5.32 Å². The van der Waals surface area contributed by atoms with Crippen LogP contribution in [0.15, 0.2) is 72.8 Å². The van der Waals surface area contributed by atoms with E-state index in [1.54, 1.807) is 56.3 Å². The molecule has 0 aliphatic heterocycles. The minimum Gasteiger partial charge on any atom is -0.478 e. The molecule has 3 rings (SSSR count). The summed E-state index contributed by atoms with van der Waals surface area (Å²) in [5.74, 6) is -0.344. The van der Waals surface area contributed by atoms with Crippen LogP contribution < -0.4 is 10.1 Å². The number of benzene rings is 3. The van der Waals surface area contributed by atoms with Crippen molar-refractivity contribution in [1.29, 1.82) is 0 Å². The Balaban J connectivity index is 1.79. The number of hydrogen-bond acceptors (Lipinski definition) is 2. The first-order valence-electron chi connectivity index (χ1n) is 10.4. The van der Waals surface area contributed by atoms with Crippen LogP contribution in [-0.4, -0.2) is 17.6 Å².